The summed E-state index contributed by atoms with van der Waals surface area (Å²) in [7, 11) is 0. The lowest BCUT2D eigenvalue weighted by Gasteiger charge is -2.15. The Morgan fingerprint density at radius 2 is 2.06 bits per heavy atom. The lowest BCUT2D eigenvalue weighted by molar-refractivity contribution is 0.0293. The number of pyridine rings is 2. The van der Waals surface area contributed by atoms with E-state index in [1.54, 1.807) is 12.5 Å². The van der Waals surface area contributed by atoms with Crippen LogP contribution < -0.4 is 5.32 Å². The number of hydrogen-bond donors (Lipinski definition) is 2. The first-order chi connectivity index (χ1) is 15.7. The van der Waals surface area contributed by atoms with Crippen LogP contribution in [0, 0.1) is 6.92 Å². The van der Waals surface area contributed by atoms with Crippen molar-refractivity contribution in [2.75, 3.05) is 13.1 Å². The van der Waals surface area contributed by atoms with Crippen LogP contribution in [0.1, 0.15) is 35.3 Å². The van der Waals surface area contributed by atoms with E-state index >= 15 is 0 Å². The van der Waals surface area contributed by atoms with Crippen molar-refractivity contribution >= 4 is 16.9 Å². The minimum Gasteiger partial charge on any atom is -0.457 e. The van der Waals surface area contributed by atoms with Crippen LogP contribution in [0.15, 0.2) is 55.0 Å². The van der Waals surface area contributed by atoms with Crippen LogP contribution in [-0.4, -0.2) is 45.1 Å². The van der Waals surface area contributed by atoms with Crippen LogP contribution >= 0.6 is 0 Å². The first kappa shape index (κ1) is 20.3. The molecule has 2 N–H and O–H groups in total. The molecule has 1 fully saturated rings. The van der Waals surface area contributed by atoms with E-state index in [2.05, 4.69) is 25.3 Å². The fourth-order valence-electron chi connectivity index (χ4n) is 4.09. The fourth-order valence-corrected chi connectivity index (χ4v) is 4.09. The Balaban J connectivity index is 1.44. The van der Waals surface area contributed by atoms with Crippen LogP contribution in [0.3, 0.4) is 0 Å². The Bertz CT molecular complexity index is 1260. The maximum atomic E-state index is 12.7. The predicted molar refractivity (Wildman–Crippen MR) is 123 cm³/mol. The molecule has 4 heterocycles. The number of ether oxygens (including phenoxy) is 1. The number of aromatic amines is 1. The van der Waals surface area contributed by atoms with Gasteiger partial charge in [-0.05, 0) is 63.1 Å². The number of aryl methyl sites for hydroxylation is 1. The summed E-state index contributed by atoms with van der Waals surface area (Å²) in [5.41, 5.74) is 5.65. The molecule has 3 aromatic heterocycles. The van der Waals surface area contributed by atoms with Crippen molar-refractivity contribution in [1.82, 2.24) is 25.3 Å². The van der Waals surface area contributed by atoms with Gasteiger partial charge in [0.05, 0.1) is 34.5 Å². The summed E-state index contributed by atoms with van der Waals surface area (Å²) in [4.78, 5) is 29.6. The Kier molecular flexibility index (Phi) is 5.64. The van der Waals surface area contributed by atoms with Gasteiger partial charge in [-0.3, -0.25) is 9.97 Å². The summed E-state index contributed by atoms with van der Waals surface area (Å²) < 4.78 is 5.73. The molecule has 1 aliphatic rings. The molecular formula is C25H25N5O2. The summed E-state index contributed by atoms with van der Waals surface area (Å²) in [5, 5.41) is 4.18. The number of carbonyl (C=O) groups is 1. The standard InChI is InChI=1S/C25H25N5O2/c1-16-5-4-7-22(30-16)24-23(28-15-29-24)17-8-9-21-18(11-17)12-19(13-27-21)25(31)32-20-6-2-3-10-26-14-20/h4-5,7-9,11-13,15,20,26H,2-3,6,10,14H2,1H3,(H,28,29). The molecule has 0 amide bonds. The molecule has 1 aliphatic heterocycles. The van der Waals surface area contributed by atoms with Gasteiger partial charge in [0.1, 0.15) is 6.10 Å². The largest absolute Gasteiger partial charge is 0.457 e. The minimum absolute atomic E-state index is 0.0968. The molecule has 1 atom stereocenters. The summed E-state index contributed by atoms with van der Waals surface area (Å²) in [6.07, 6.45) is 6.23. The summed E-state index contributed by atoms with van der Waals surface area (Å²) in [5.74, 6) is -0.331. The van der Waals surface area contributed by atoms with Gasteiger partial charge in [0.15, 0.2) is 0 Å². The highest BCUT2D eigenvalue weighted by molar-refractivity contribution is 5.95. The minimum atomic E-state index is -0.331. The van der Waals surface area contributed by atoms with Crippen LogP contribution in [0.25, 0.3) is 33.5 Å². The second kappa shape index (κ2) is 8.88. The van der Waals surface area contributed by atoms with Crippen molar-refractivity contribution in [3.05, 3.63) is 66.2 Å². The van der Waals surface area contributed by atoms with Crippen molar-refractivity contribution in [1.29, 1.82) is 0 Å². The average molecular weight is 428 g/mol. The molecule has 1 aromatic carbocycles. The quantitative estimate of drug-likeness (QED) is 0.472. The molecular weight excluding hydrogens is 402 g/mol. The second-order valence-electron chi connectivity index (χ2n) is 8.15. The Labute approximate surface area is 186 Å². The zero-order valence-electron chi connectivity index (χ0n) is 18.0. The molecule has 1 unspecified atom stereocenters. The number of hydrogen-bond acceptors (Lipinski definition) is 6. The first-order valence-electron chi connectivity index (χ1n) is 11.0. The SMILES string of the molecule is Cc1cccc(-c2[nH]cnc2-c2ccc3ncc(C(=O)OC4CCCCNC4)cc3c2)n1. The molecule has 0 bridgehead atoms. The van der Waals surface area contributed by atoms with Gasteiger partial charge in [0, 0.05) is 29.4 Å². The first-order valence-corrected chi connectivity index (χ1v) is 11.0. The third kappa shape index (κ3) is 4.24. The topological polar surface area (TPSA) is 92.8 Å². The highest BCUT2D eigenvalue weighted by Crippen LogP contribution is 2.30. The van der Waals surface area contributed by atoms with E-state index in [-0.39, 0.29) is 12.1 Å². The number of benzene rings is 1. The Morgan fingerprint density at radius 3 is 2.97 bits per heavy atom. The number of fused-ring (bicyclic) bond motifs is 1. The number of esters is 1. The van der Waals surface area contributed by atoms with Gasteiger partial charge in [0.25, 0.3) is 0 Å². The zero-order chi connectivity index (χ0) is 21.9. The predicted octanol–water partition coefficient (Wildman–Crippen LogP) is 4.29. The highest BCUT2D eigenvalue weighted by atomic mass is 16.5. The number of nitrogens with one attached hydrogen (secondary N) is 2. The van der Waals surface area contributed by atoms with Crippen molar-refractivity contribution in [2.45, 2.75) is 32.3 Å². The van der Waals surface area contributed by atoms with Crippen LogP contribution in [0.5, 0.6) is 0 Å². The van der Waals surface area contributed by atoms with Gasteiger partial charge in [-0.15, -0.1) is 0 Å². The monoisotopic (exact) mass is 427 g/mol. The van der Waals surface area contributed by atoms with Crippen molar-refractivity contribution < 1.29 is 9.53 Å². The fraction of sp³-hybridized carbons (Fsp3) is 0.280. The number of aromatic nitrogens is 4. The molecule has 0 radical (unpaired) electrons. The Hall–Kier alpha value is -3.58. The second-order valence-corrected chi connectivity index (χ2v) is 8.15. The smallest absolute Gasteiger partial charge is 0.340 e. The summed E-state index contributed by atoms with van der Waals surface area (Å²) in [6.45, 7) is 3.64. The number of rotatable bonds is 4. The molecule has 0 saturated carbocycles. The molecule has 1 saturated heterocycles. The van der Waals surface area contributed by atoms with Gasteiger partial charge in [-0.1, -0.05) is 12.1 Å². The maximum absolute atomic E-state index is 12.7. The summed E-state index contributed by atoms with van der Waals surface area (Å²) >= 11 is 0. The molecule has 7 heteroatoms. The van der Waals surface area contributed by atoms with Gasteiger partial charge in [-0.2, -0.15) is 0 Å². The average Bonchev–Trinajstić information content (AvgIpc) is 3.16. The molecule has 7 nitrogen and oxygen atoms in total. The Morgan fingerprint density at radius 1 is 1.12 bits per heavy atom. The molecule has 0 spiro atoms. The molecule has 32 heavy (non-hydrogen) atoms. The van der Waals surface area contributed by atoms with Gasteiger partial charge in [-0.25, -0.2) is 9.78 Å². The molecule has 0 aliphatic carbocycles. The van der Waals surface area contributed by atoms with E-state index in [0.29, 0.717) is 12.1 Å². The number of imidazole rings is 1. The number of nitrogens with zero attached hydrogens (tertiary/aromatic N) is 3. The van der Waals surface area contributed by atoms with Crippen LogP contribution in [0.4, 0.5) is 0 Å². The van der Waals surface area contributed by atoms with E-state index in [1.165, 1.54) is 0 Å². The van der Waals surface area contributed by atoms with Crippen molar-refractivity contribution in [2.24, 2.45) is 0 Å². The van der Waals surface area contributed by atoms with Gasteiger partial charge in [0.2, 0.25) is 0 Å². The maximum Gasteiger partial charge on any atom is 0.340 e. The third-order valence-electron chi connectivity index (χ3n) is 5.75. The molecule has 5 rings (SSSR count). The van der Waals surface area contributed by atoms with Crippen LogP contribution in [-0.2, 0) is 4.74 Å². The highest BCUT2D eigenvalue weighted by Gasteiger charge is 2.19. The van der Waals surface area contributed by atoms with E-state index in [1.807, 2.05) is 49.4 Å². The lowest BCUT2D eigenvalue weighted by atomic mass is 10.0. The van der Waals surface area contributed by atoms with E-state index in [0.717, 1.165) is 65.0 Å². The number of carbonyl (C=O) groups excluding carboxylic acids is 1. The summed E-state index contributed by atoms with van der Waals surface area (Å²) in [6, 6.07) is 13.7. The van der Waals surface area contributed by atoms with Gasteiger partial charge < -0.3 is 15.0 Å². The van der Waals surface area contributed by atoms with Crippen molar-refractivity contribution in [3.63, 3.8) is 0 Å². The molecule has 4 aromatic rings. The van der Waals surface area contributed by atoms with Crippen molar-refractivity contribution in [3.8, 4) is 22.6 Å². The zero-order valence-corrected chi connectivity index (χ0v) is 18.0. The number of H-pyrrole nitrogens is 1. The van der Waals surface area contributed by atoms with Crippen LogP contribution in [0.2, 0.25) is 0 Å². The van der Waals surface area contributed by atoms with E-state index in [9.17, 15) is 4.79 Å². The van der Waals surface area contributed by atoms with E-state index in [4.69, 9.17) is 4.74 Å². The van der Waals surface area contributed by atoms with E-state index < -0.39 is 0 Å². The molecule has 162 valence electrons. The third-order valence-corrected chi connectivity index (χ3v) is 5.75. The normalized spacial score (nSPS) is 16.6. The lowest BCUT2D eigenvalue weighted by Crippen LogP contribution is -2.29. The van der Waals surface area contributed by atoms with Gasteiger partial charge >= 0.3 is 5.97 Å².